The van der Waals surface area contributed by atoms with Gasteiger partial charge in [0.15, 0.2) is 9.84 Å². The number of rotatable bonds is 19. The van der Waals surface area contributed by atoms with Crippen molar-refractivity contribution in [2.75, 3.05) is 45.5 Å². The number of sulfone groups is 1. The molecule has 0 radical (unpaired) electrons. The molecule has 3 N–H and O–H groups in total. The van der Waals surface area contributed by atoms with Crippen molar-refractivity contribution in [1.82, 2.24) is 19.2 Å². The normalized spacial score (nSPS) is 12.7. The predicted molar refractivity (Wildman–Crippen MR) is 208 cm³/mol. The van der Waals surface area contributed by atoms with Gasteiger partial charge in [-0.1, -0.05) is 45.2 Å². The third kappa shape index (κ3) is 8.67. The van der Waals surface area contributed by atoms with Crippen LogP contribution in [-0.4, -0.2) is 96.3 Å². The Hall–Kier alpha value is -4.09. The number of carbonyl (C=O) groups is 2. The summed E-state index contributed by atoms with van der Waals surface area (Å²) in [5.41, 5.74) is 0.619. The molecule has 2 amide bonds. The summed E-state index contributed by atoms with van der Waals surface area (Å²) in [6, 6.07) is 8.26. The van der Waals surface area contributed by atoms with Crippen LogP contribution in [0.15, 0.2) is 75.4 Å². The Labute approximate surface area is 312 Å². The Balaban J connectivity index is 2.00. The molecule has 0 aliphatic heterocycles. The summed E-state index contributed by atoms with van der Waals surface area (Å²) in [4.78, 5) is 23.3. The van der Waals surface area contributed by atoms with Gasteiger partial charge in [-0.2, -0.15) is 8.61 Å². The van der Waals surface area contributed by atoms with Crippen LogP contribution < -0.4 is 10.6 Å². The van der Waals surface area contributed by atoms with Gasteiger partial charge in [-0.05, 0) is 57.7 Å². The van der Waals surface area contributed by atoms with Gasteiger partial charge in [0.2, 0.25) is 31.9 Å². The van der Waals surface area contributed by atoms with Gasteiger partial charge in [0, 0.05) is 89.0 Å². The van der Waals surface area contributed by atoms with Crippen molar-refractivity contribution in [1.29, 1.82) is 0 Å². The minimum absolute atomic E-state index is 0.00752. The fourth-order valence-corrected chi connectivity index (χ4v) is 10.9. The zero-order valence-electron chi connectivity index (χ0n) is 30.8. The molecule has 13 nitrogen and oxygen atoms in total. The zero-order valence-corrected chi connectivity index (χ0v) is 33.2. The molecule has 4 rings (SSSR count). The fraction of sp³-hybridized carbons (Fsp3) is 0.405. The summed E-state index contributed by atoms with van der Waals surface area (Å²) in [5, 5.41) is 17.6. The highest BCUT2D eigenvalue weighted by Gasteiger charge is 2.34. The monoisotopic (exact) mass is 788 g/mol. The van der Waals surface area contributed by atoms with E-state index in [0.29, 0.717) is 24.0 Å². The van der Waals surface area contributed by atoms with Crippen LogP contribution in [0.1, 0.15) is 53.4 Å². The number of sulfonamides is 2. The van der Waals surface area contributed by atoms with Gasteiger partial charge in [-0.25, -0.2) is 25.3 Å². The fourth-order valence-electron chi connectivity index (χ4n) is 6.31. The molecule has 4 aromatic rings. The van der Waals surface area contributed by atoms with Gasteiger partial charge < -0.3 is 15.7 Å². The highest BCUT2D eigenvalue weighted by atomic mass is 32.2. The maximum absolute atomic E-state index is 14.7. The first kappa shape index (κ1) is 41.7. The number of phenols is 1. The number of nitrogens with one attached hydrogen (secondary N) is 2. The molecule has 0 aromatic heterocycles. The Morgan fingerprint density at radius 3 is 1.40 bits per heavy atom. The third-order valence-corrected chi connectivity index (χ3v) is 13.9. The lowest BCUT2D eigenvalue weighted by Crippen LogP contribution is -2.36. The van der Waals surface area contributed by atoms with E-state index in [-0.39, 0.29) is 117 Å². The Kier molecular flexibility index (Phi) is 13.0. The van der Waals surface area contributed by atoms with Crippen molar-refractivity contribution in [3.8, 4) is 5.75 Å². The summed E-state index contributed by atoms with van der Waals surface area (Å²) < 4.78 is 87.3. The van der Waals surface area contributed by atoms with Gasteiger partial charge in [0.25, 0.3) is 0 Å². The second-order valence-electron chi connectivity index (χ2n) is 13.2. The Bertz CT molecular complexity index is 2310. The number of carbonyl (C=O) groups excluding carboxylic acids is 2. The van der Waals surface area contributed by atoms with E-state index in [0.717, 1.165) is 12.3 Å². The van der Waals surface area contributed by atoms with E-state index >= 15 is 0 Å². The Morgan fingerprint density at radius 1 is 0.642 bits per heavy atom. The SMILES string of the molecule is C=C(C)C(=O)NCCCN(CCC)S(=O)(=O)c1cc(S(=O)(=O)N(CCC)CCCNC(=O)C(=C)C)c2ccc3c(S(C)(=O)=O)cc(O)c4ccc1c2c43. The van der Waals surface area contributed by atoms with Crippen molar-refractivity contribution in [2.45, 2.75) is 68.1 Å². The molecule has 0 aliphatic carbocycles. The van der Waals surface area contributed by atoms with Crippen LogP contribution in [0.25, 0.3) is 32.3 Å². The smallest absolute Gasteiger partial charge is 0.246 e. The quantitative estimate of drug-likeness (QED) is 0.0690. The summed E-state index contributed by atoms with van der Waals surface area (Å²) in [6.45, 7) is 14.5. The number of hydrogen-bond acceptors (Lipinski definition) is 9. The third-order valence-electron chi connectivity index (χ3n) is 8.86. The van der Waals surface area contributed by atoms with E-state index in [1.807, 2.05) is 13.8 Å². The molecule has 53 heavy (non-hydrogen) atoms. The lowest BCUT2D eigenvalue weighted by molar-refractivity contribution is -0.118. The molecule has 0 saturated heterocycles. The van der Waals surface area contributed by atoms with Crippen LogP contribution in [0.5, 0.6) is 5.75 Å². The molecule has 0 spiro atoms. The van der Waals surface area contributed by atoms with E-state index in [1.165, 1.54) is 38.9 Å². The lowest BCUT2D eigenvalue weighted by Gasteiger charge is -2.27. The van der Waals surface area contributed by atoms with E-state index in [2.05, 4.69) is 23.8 Å². The van der Waals surface area contributed by atoms with Crippen LogP contribution in [0.4, 0.5) is 0 Å². The standard InChI is InChI=1S/C37H48N4O9S3/c1-8-18-40(20-10-16-38-36(43)24(3)4)52(47,48)32-23-33(53(49,50)41(19-9-2)21-11-17-39-37(44)25(5)6)29-15-14-27-31(51(7,45)46)22-30(42)26-12-13-28(32)35(29)34(26)27/h12-15,22-23,42H,3,5,8-11,16-21H2,1-2,4,6-7H3,(H,38,43)(H,39,44). The van der Waals surface area contributed by atoms with E-state index in [9.17, 15) is 39.9 Å². The topological polar surface area (TPSA) is 187 Å². The highest BCUT2D eigenvalue weighted by Crippen LogP contribution is 2.45. The first-order valence-corrected chi connectivity index (χ1v) is 22.1. The second kappa shape index (κ2) is 16.5. The average Bonchev–Trinajstić information content (AvgIpc) is 3.08. The molecule has 0 atom stereocenters. The molecule has 0 bridgehead atoms. The summed E-state index contributed by atoms with van der Waals surface area (Å²) in [7, 11) is -12.8. The van der Waals surface area contributed by atoms with Crippen LogP contribution in [0, 0.1) is 0 Å². The average molecular weight is 789 g/mol. The molecule has 288 valence electrons. The zero-order chi connectivity index (χ0) is 39.5. The van der Waals surface area contributed by atoms with Crippen LogP contribution in [-0.2, 0) is 39.5 Å². The maximum Gasteiger partial charge on any atom is 0.246 e. The van der Waals surface area contributed by atoms with Gasteiger partial charge in [-0.3, -0.25) is 9.59 Å². The maximum atomic E-state index is 14.7. The van der Waals surface area contributed by atoms with E-state index in [4.69, 9.17) is 0 Å². The molecule has 0 heterocycles. The number of nitrogens with zero attached hydrogens (tertiary/aromatic N) is 2. The van der Waals surface area contributed by atoms with Crippen molar-refractivity contribution in [3.05, 3.63) is 60.7 Å². The van der Waals surface area contributed by atoms with Gasteiger partial charge in [-0.15, -0.1) is 0 Å². The number of hydrogen-bond donors (Lipinski definition) is 3. The van der Waals surface area contributed by atoms with Crippen LogP contribution >= 0.6 is 0 Å². The lowest BCUT2D eigenvalue weighted by atomic mass is 9.94. The van der Waals surface area contributed by atoms with Crippen molar-refractivity contribution in [2.24, 2.45) is 0 Å². The van der Waals surface area contributed by atoms with Gasteiger partial charge in [0.05, 0.1) is 14.7 Å². The molecule has 0 fully saturated rings. The first-order valence-electron chi connectivity index (χ1n) is 17.3. The largest absolute Gasteiger partial charge is 0.507 e. The predicted octanol–water partition coefficient (Wildman–Crippen LogP) is 4.66. The Morgan fingerprint density at radius 2 is 1.02 bits per heavy atom. The molecule has 0 saturated carbocycles. The van der Waals surface area contributed by atoms with Gasteiger partial charge >= 0.3 is 0 Å². The number of amides is 2. The molecule has 16 heteroatoms. The number of aromatic hydroxyl groups is 1. The van der Waals surface area contributed by atoms with E-state index in [1.54, 1.807) is 13.8 Å². The molecule has 4 aromatic carbocycles. The summed E-state index contributed by atoms with van der Waals surface area (Å²) >= 11 is 0. The van der Waals surface area contributed by atoms with Crippen molar-refractivity contribution >= 4 is 74.0 Å². The second-order valence-corrected chi connectivity index (χ2v) is 19.0. The highest BCUT2D eigenvalue weighted by molar-refractivity contribution is 7.91. The van der Waals surface area contributed by atoms with Gasteiger partial charge in [0.1, 0.15) is 5.75 Å². The van der Waals surface area contributed by atoms with Crippen LogP contribution in [0.2, 0.25) is 0 Å². The molecular formula is C37H48N4O9S3. The van der Waals surface area contributed by atoms with Crippen molar-refractivity contribution < 1.29 is 39.9 Å². The van der Waals surface area contributed by atoms with E-state index < -0.39 is 29.9 Å². The summed E-state index contributed by atoms with van der Waals surface area (Å²) in [5.74, 6) is -1.08. The molecule has 0 aliphatic rings. The number of benzene rings is 4. The van der Waals surface area contributed by atoms with Crippen LogP contribution in [0.3, 0.4) is 0 Å². The minimum Gasteiger partial charge on any atom is -0.507 e. The first-order chi connectivity index (χ1) is 24.8. The molecule has 0 unspecified atom stereocenters. The number of phenolic OH excluding ortho intramolecular Hbond substituents is 1. The van der Waals surface area contributed by atoms with Crippen molar-refractivity contribution in [3.63, 3.8) is 0 Å². The summed E-state index contributed by atoms with van der Waals surface area (Å²) in [6.07, 6.45) is 2.38. The molecular weight excluding hydrogens is 741 g/mol. The minimum atomic E-state index is -4.43.